The molecule has 2 aliphatic heterocycles. The van der Waals surface area contributed by atoms with Gasteiger partial charge in [0.1, 0.15) is 0 Å². The zero-order valence-corrected chi connectivity index (χ0v) is 15.0. The summed E-state index contributed by atoms with van der Waals surface area (Å²) in [5.74, 6) is 0.217. The molecule has 2 aliphatic rings. The molecule has 2 atom stereocenters. The summed E-state index contributed by atoms with van der Waals surface area (Å²) in [5, 5.41) is 9.04. The number of fused-ring (bicyclic) bond motifs is 1. The minimum absolute atomic E-state index is 0.0767. The van der Waals surface area contributed by atoms with Crippen molar-refractivity contribution in [2.24, 2.45) is 0 Å². The maximum absolute atomic E-state index is 12.1. The van der Waals surface area contributed by atoms with E-state index in [-0.39, 0.29) is 30.1 Å². The van der Waals surface area contributed by atoms with Gasteiger partial charge in [0.05, 0.1) is 18.1 Å². The average Bonchev–Trinajstić information content (AvgIpc) is 2.86. The molecule has 0 spiro atoms. The zero-order valence-electron chi connectivity index (χ0n) is 13.4. The number of sulfone groups is 1. The number of nitrogens with zero attached hydrogens (tertiary/aromatic N) is 2. The lowest BCUT2D eigenvalue weighted by atomic mass is 10.0. The van der Waals surface area contributed by atoms with Crippen molar-refractivity contribution in [1.82, 2.24) is 9.80 Å². The smallest absolute Gasteiger partial charge is 0.317 e. The van der Waals surface area contributed by atoms with E-state index in [2.05, 4.69) is 17.0 Å². The summed E-state index contributed by atoms with van der Waals surface area (Å²) < 4.78 is 24.1. The second kappa shape index (κ2) is 7.43. The predicted octanol–water partition coefficient (Wildman–Crippen LogP) is 0.647. The van der Waals surface area contributed by atoms with Gasteiger partial charge >= 0.3 is 5.97 Å². The van der Waals surface area contributed by atoms with Gasteiger partial charge in [-0.05, 0) is 12.1 Å². The number of piperazine rings is 1. The summed E-state index contributed by atoms with van der Waals surface area (Å²) in [4.78, 5) is 16.3. The molecule has 0 saturated carbocycles. The van der Waals surface area contributed by atoms with Crippen LogP contribution in [0, 0.1) is 0 Å². The Morgan fingerprint density at radius 1 is 1.12 bits per heavy atom. The molecule has 2 heterocycles. The van der Waals surface area contributed by atoms with Crippen molar-refractivity contribution in [2.75, 3.05) is 43.4 Å². The van der Waals surface area contributed by atoms with Crippen molar-refractivity contribution in [3.8, 4) is 0 Å². The Morgan fingerprint density at radius 3 is 2.42 bits per heavy atom. The molecule has 2 saturated heterocycles. The minimum Gasteiger partial charge on any atom is -0.480 e. The molecule has 0 aliphatic carbocycles. The van der Waals surface area contributed by atoms with Crippen molar-refractivity contribution in [2.45, 2.75) is 17.0 Å². The number of carboxylic acid groups (broad SMARTS) is 1. The minimum atomic E-state index is -3.09. The Kier molecular flexibility index (Phi) is 5.49. The summed E-state index contributed by atoms with van der Waals surface area (Å²) in [6, 6.07) is 9.86. The number of carboxylic acids is 1. The van der Waals surface area contributed by atoms with E-state index in [0.717, 1.165) is 18.8 Å². The van der Waals surface area contributed by atoms with Crippen molar-refractivity contribution in [3.63, 3.8) is 0 Å². The van der Waals surface area contributed by atoms with Crippen LogP contribution in [0.2, 0.25) is 0 Å². The Bertz CT molecular complexity index is 681. The first-order valence-corrected chi connectivity index (χ1v) is 10.8. The van der Waals surface area contributed by atoms with E-state index in [0.29, 0.717) is 6.54 Å². The largest absolute Gasteiger partial charge is 0.480 e. The van der Waals surface area contributed by atoms with Crippen LogP contribution in [0.4, 0.5) is 0 Å². The van der Waals surface area contributed by atoms with Gasteiger partial charge in [-0.3, -0.25) is 14.6 Å². The molecule has 132 valence electrons. The Labute approximate surface area is 146 Å². The highest BCUT2D eigenvalue weighted by Crippen LogP contribution is 2.27. The lowest BCUT2D eigenvalue weighted by Crippen LogP contribution is -2.60. The van der Waals surface area contributed by atoms with Gasteiger partial charge in [0.15, 0.2) is 9.84 Å². The van der Waals surface area contributed by atoms with Gasteiger partial charge in [-0.1, -0.05) is 18.2 Å². The SMILES string of the molecule is O=C(O)CN1CCN(CCSc2ccccc2)[C@@H]2CS(=O)(=O)C[C@@H]21. The van der Waals surface area contributed by atoms with E-state index < -0.39 is 15.8 Å². The van der Waals surface area contributed by atoms with Crippen molar-refractivity contribution in [3.05, 3.63) is 30.3 Å². The standard InChI is InChI=1S/C16H22N2O4S2/c19-16(20)10-18-7-6-17(14-11-24(21,22)12-15(14)18)8-9-23-13-4-2-1-3-5-13/h1-5,14-15H,6-12H2,(H,19,20)/t14-,15+/m1/s1. The van der Waals surface area contributed by atoms with Gasteiger partial charge in [-0.2, -0.15) is 0 Å². The Balaban J connectivity index is 1.61. The van der Waals surface area contributed by atoms with Crippen molar-refractivity contribution >= 4 is 27.6 Å². The first-order valence-electron chi connectivity index (χ1n) is 8.03. The van der Waals surface area contributed by atoms with Gasteiger partial charge in [-0.15, -0.1) is 11.8 Å². The van der Waals surface area contributed by atoms with Crippen LogP contribution >= 0.6 is 11.8 Å². The van der Waals surface area contributed by atoms with E-state index in [4.69, 9.17) is 5.11 Å². The molecule has 1 aromatic carbocycles. The highest BCUT2D eigenvalue weighted by Gasteiger charge is 2.46. The van der Waals surface area contributed by atoms with Crippen LogP contribution in [0.1, 0.15) is 0 Å². The molecular weight excluding hydrogens is 348 g/mol. The molecule has 1 aromatic rings. The summed E-state index contributed by atoms with van der Waals surface area (Å²) in [7, 11) is -3.09. The number of hydrogen-bond donors (Lipinski definition) is 1. The van der Waals surface area contributed by atoms with Crippen molar-refractivity contribution in [1.29, 1.82) is 0 Å². The molecule has 0 bridgehead atoms. The van der Waals surface area contributed by atoms with Crippen LogP contribution < -0.4 is 0 Å². The normalized spacial score (nSPS) is 27.0. The van der Waals surface area contributed by atoms with Crippen LogP contribution in [0.5, 0.6) is 0 Å². The highest BCUT2D eigenvalue weighted by molar-refractivity contribution is 7.99. The van der Waals surface area contributed by atoms with Gasteiger partial charge in [0.2, 0.25) is 0 Å². The van der Waals surface area contributed by atoms with E-state index in [1.807, 2.05) is 23.1 Å². The van der Waals surface area contributed by atoms with Gasteiger partial charge in [-0.25, -0.2) is 8.42 Å². The maximum Gasteiger partial charge on any atom is 0.317 e. The quantitative estimate of drug-likeness (QED) is 0.737. The first-order chi connectivity index (χ1) is 11.4. The van der Waals surface area contributed by atoms with Crippen molar-refractivity contribution < 1.29 is 18.3 Å². The van der Waals surface area contributed by atoms with Crippen LogP contribution in [-0.4, -0.2) is 84.8 Å². The fraction of sp³-hybridized carbons (Fsp3) is 0.562. The molecule has 0 aromatic heterocycles. The monoisotopic (exact) mass is 370 g/mol. The predicted molar refractivity (Wildman–Crippen MR) is 94.2 cm³/mol. The Hall–Kier alpha value is -1.09. The third kappa shape index (κ3) is 4.30. The third-order valence-corrected chi connectivity index (χ3v) is 7.33. The fourth-order valence-electron chi connectivity index (χ4n) is 3.54. The lowest BCUT2D eigenvalue weighted by molar-refractivity contribution is -0.139. The molecule has 3 rings (SSSR count). The number of thioether (sulfide) groups is 1. The summed E-state index contributed by atoms with van der Waals surface area (Å²) in [5.41, 5.74) is 0. The van der Waals surface area contributed by atoms with Crippen LogP contribution in [0.15, 0.2) is 35.2 Å². The van der Waals surface area contributed by atoms with E-state index in [1.54, 1.807) is 11.8 Å². The van der Waals surface area contributed by atoms with Crippen LogP contribution in [0.3, 0.4) is 0 Å². The number of aliphatic carboxylic acids is 1. The van der Waals surface area contributed by atoms with Crippen LogP contribution in [0.25, 0.3) is 0 Å². The van der Waals surface area contributed by atoms with E-state index in [9.17, 15) is 13.2 Å². The second-order valence-electron chi connectivity index (χ2n) is 6.27. The molecule has 6 nitrogen and oxygen atoms in total. The number of rotatable bonds is 6. The number of carbonyl (C=O) groups is 1. The number of benzene rings is 1. The van der Waals surface area contributed by atoms with Crippen LogP contribution in [-0.2, 0) is 14.6 Å². The molecule has 2 fully saturated rings. The van der Waals surface area contributed by atoms with Gasteiger partial charge in [0.25, 0.3) is 0 Å². The van der Waals surface area contributed by atoms with E-state index >= 15 is 0 Å². The number of hydrogen-bond acceptors (Lipinski definition) is 6. The third-order valence-electron chi connectivity index (χ3n) is 4.63. The molecule has 8 heteroatoms. The van der Waals surface area contributed by atoms with Gasteiger partial charge < -0.3 is 5.11 Å². The van der Waals surface area contributed by atoms with E-state index in [1.165, 1.54) is 4.90 Å². The summed E-state index contributed by atoms with van der Waals surface area (Å²) in [6.07, 6.45) is 0. The first kappa shape index (κ1) is 17.7. The maximum atomic E-state index is 12.1. The summed E-state index contributed by atoms with van der Waals surface area (Å²) >= 11 is 1.76. The molecule has 24 heavy (non-hydrogen) atoms. The fourth-order valence-corrected chi connectivity index (χ4v) is 6.50. The second-order valence-corrected chi connectivity index (χ2v) is 9.60. The zero-order chi connectivity index (χ0) is 17.2. The Morgan fingerprint density at radius 2 is 1.75 bits per heavy atom. The topological polar surface area (TPSA) is 77.9 Å². The average molecular weight is 370 g/mol. The van der Waals surface area contributed by atoms with Gasteiger partial charge in [0, 0.05) is 42.4 Å². The highest BCUT2D eigenvalue weighted by atomic mass is 32.2. The molecule has 0 radical (unpaired) electrons. The lowest BCUT2D eigenvalue weighted by Gasteiger charge is -2.43. The molecule has 0 amide bonds. The summed E-state index contributed by atoms with van der Waals surface area (Å²) in [6.45, 7) is 2.07. The molecular formula is C16H22N2O4S2. The molecule has 0 unspecified atom stereocenters. The molecule has 1 N–H and O–H groups in total.